The Balaban J connectivity index is 1.67. The van der Waals surface area contributed by atoms with Crippen LogP contribution in [0, 0.1) is 17.8 Å². The Morgan fingerprint density at radius 1 is 1.08 bits per heavy atom. The van der Waals surface area contributed by atoms with Crippen LogP contribution in [-0.4, -0.2) is 11.1 Å². The predicted octanol–water partition coefficient (Wildman–Crippen LogP) is 5.33. The number of hydrogen-bond donors (Lipinski definition) is 2. The van der Waals surface area contributed by atoms with Crippen molar-refractivity contribution in [3.63, 3.8) is 0 Å². The van der Waals surface area contributed by atoms with E-state index in [2.05, 4.69) is 23.5 Å². The van der Waals surface area contributed by atoms with Gasteiger partial charge in [0.05, 0.1) is 17.3 Å². The van der Waals surface area contributed by atoms with E-state index in [1.807, 2.05) is 18.2 Å². The number of rotatable bonds is 2. The van der Waals surface area contributed by atoms with Gasteiger partial charge in [-0.05, 0) is 72.3 Å². The average Bonchev–Trinajstić information content (AvgIpc) is 3.23. The van der Waals surface area contributed by atoms with Crippen LogP contribution in [0.25, 0.3) is 0 Å². The lowest BCUT2D eigenvalue weighted by molar-refractivity contribution is 0.0697. The van der Waals surface area contributed by atoms with Gasteiger partial charge in [-0.25, -0.2) is 4.79 Å². The molecule has 2 N–H and O–H groups in total. The van der Waals surface area contributed by atoms with Crippen molar-refractivity contribution in [1.29, 1.82) is 0 Å². The van der Waals surface area contributed by atoms with E-state index in [9.17, 15) is 9.90 Å². The van der Waals surface area contributed by atoms with Gasteiger partial charge in [0.25, 0.3) is 0 Å². The second-order valence-corrected chi connectivity index (χ2v) is 8.12. The molecule has 2 bridgehead atoms. The normalized spacial score (nSPS) is 32.0. The van der Waals surface area contributed by atoms with Crippen LogP contribution in [0.1, 0.15) is 52.7 Å². The summed E-state index contributed by atoms with van der Waals surface area (Å²) in [6, 6.07) is 13.9. The summed E-state index contributed by atoms with van der Waals surface area (Å²) in [7, 11) is 0. The van der Waals surface area contributed by atoms with Gasteiger partial charge in [0.2, 0.25) is 0 Å². The van der Waals surface area contributed by atoms with Gasteiger partial charge in [-0.15, -0.1) is 0 Å². The van der Waals surface area contributed by atoms with E-state index in [1.165, 1.54) is 30.4 Å². The lowest BCUT2D eigenvalue weighted by Crippen LogP contribution is -2.36. The summed E-state index contributed by atoms with van der Waals surface area (Å²) in [5, 5.41) is 14.0. The second kappa shape index (κ2) is 5.50. The average molecular weight is 354 g/mol. The van der Waals surface area contributed by atoms with Gasteiger partial charge >= 0.3 is 5.97 Å². The monoisotopic (exact) mass is 353 g/mol. The first kappa shape index (κ1) is 15.3. The number of nitrogens with one attached hydrogen (secondary N) is 1. The lowest BCUT2D eigenvalue weighted by atomic mass is 9.67. The van der Waals surface area contributed by atoms with E-state index in [-0.39, 0.29) is 6.04 Å². The van der Waals surface area contributed by atoms with Gasteiger partial charge in [0.1, 0.15) is 0 Å². The molecule has 0 aromatic heterocycles. The summed E-state index contributed by atoms with van der Waals surface area (Å²) in [6.45, 7) is 0. The molecule has 4 heteroatoms. The lowest BCUT2D eigenvalue weighted by Gasteiger charge is -2.44. The van der Waals surface area contributed by atoms with Gasteiger partial charge in [-0.2, -0.15) is 0 Å². The van der Waals surface area contributed by atoms with E-state index in [0.29, 0.717) is 23.3 Å². The molecule has 0 unspecified atom stereocenters. The molecule has 3 aliphatic rings. The number of aromatic carboxylic acids is 1. The molecule has 2 aromatic carbocycles. The minimum Gasteiger partial charge on any atom is -0.478 e. The van der Waals surface area contributed by atoms with Crippen LogP contribution in [-0.2, 0) is 0 Å². The number of carboxylic acid groups (broad SMARTS) is 1. The minimum atomic E-state index is -0.860. The third-order valence-electron chi connectivity index (χ3n) is 6.58. The Kier molecular flexibility index (Phi) is 3.36. The van der Waals surface area contributed by atoms with Gasteiger partial charge < -0.3 is 10.4 Å². The molecule has 2 fully saturated rings. The molecule has 1 heterocycles. The smallest absolute Gasteiger partial charge is 0.337 e. The maximum Gasteiger partial charge on any atom is 0.337 e. The van der Waals surface area contributed by atoms with E-state index in [4.69, 9.17) is 11.6 Å². The molecular weight excluding hydrogens is 334 g/mol. The maximum atomic E-state index is 11.8. The third-order valence-corrected chi connectivity index (χ3v) is 6.83. The van der Waals surface area contributed by atoms with Crippen LogP contribution in [0.15, 0.2) is 42.5 Å². The van der Waals surface area contributed by atoms with Crippen LogP contribution in [0.3, 0.4) is 0 Å². The molecule has 0 saturated heterocycles. The Hall–Kier alpha value is -2.00. The standard InChI is InChI=1S/C21H20ClNO2/c22-14-8-6-11(7-9-14)19-18-13-5-4-12(10-13)17(18)15-2-1-3-16(21(24)25)20(15)23-19/h1-3,6-9,12-13,17-19,23H,4-5,10H2,(H,24,25)/t12-,13-,17-,18-,19+/m0/s1. The highest BCUT2D eigenvalue weighted by atomic mass is 35.5. The van der Waals surface area contributed by atoms with E-state index in [1.54, 1.807) is 6.07 Å². The van der Waals surface area contributed by atoms with Crippen LogP contribution in [0.4, 0.5) is 5.69 Å². The fourth-order valence-electron chi connectivity index (χ4n) is 5.69. The van der Waals surface area contributed by atoms with Crippen LogP contribution in [0.5, 0.6) is 0 Å². The fourth-order valence-corrected chi connectivity index (χ4v) is 5.82. The number of carboxylic acids is 1. The molecule has 5 rings (SSSR count). The van der Waals surface area contributed by atoms with Crippen molar-refractivity contribution >= 4 is 23.3 Å². The van der Waals surface area contributed by atoms with Crippen molar-refractivity contribution in [2.75, 3.05) is 5.32 Å². The van der Waals surface area contributed by atoms with Gasteiger partial charge in [-0.3, -0.25) is 0 Å². The van der Waals surface area contributed by atoms with Crippen molar-refractivity contribution in [3.05, 3.63) is 64.2 Å². The topological polar surface area (TPSA) is 49.3 Å². The van der Waals surface area contributed by atoms with Crippen LogP contribution < -0.4 is 5.32 Å². The highest BCUT2D eigenvalue weighted by molar-refractivity contribution is 6.30. The largest absolute Gasteiger partial charge is 0.478 e. The molecule has 1 aliphatic heterocycles. The maximum absolute atomic E-state index is 11.8. The highest BCUT2D eigenvalue weighted by Crippen LogP contribution is 2.63. The number of carbonyl (C=O) groups is 1. The summed E-state index contributed by atoms with van der Waals surface area (Å²) in [5.41, 5.74) is 3.63. The Morgan fingerprint density at radius 3 is 2.60 bits per heavy atom. The van der Waals surface area contributed by atoms with Gasteiger partial charge in [-0.1, -0.05) is 35.9 Å². The van der Waals surface area contributed by atoms with E-state index < -0.39 is 5.97 Å². The molecule has 2 saturated carbocycles. The molecule has 5 atom stereocenters. The highest BCUT2D eigenvalue weighted by Gasteiger charge is 2.54. The first-order chi connectivity index (χ1) is 12.1. The molecule has 2 aromatic rings. The number of fused-ring (bicyclic) bond motifs is 7. The Morgan fingerprint density at radius 2 is 1.84 bits per heavy atom. The Bertz CT molecular complexity index is 847. The SMILES string of the molecule is O=C(O)c1cccc2c1N[C@H](c1ccc(Cl)cc1)[C@H]1[C@H]3CC[C@@H](C3)[C@@H]21. The van der Waals surface area contributed by atoms with Gasteiger partial charge in [0, 0.05) is 5.02 Å². The van der Waals surface area contributed by atoms with E-state index in [0.717, 1.165) is 16.6 Å². The van der Waals surface area contributed by atoms with Crippen molar-refractivity contribution in [2.24, 2.45) is 17.8 Å². The van der Waals surface area contributed by atoms with E-state index >= 15 is 0 Å². The molecule has 2 aliphatic carbocycles. The number of hydrogen-bond acceptors (Lipinski definition) is 2. The summed E-state index contributed by atoms with van der Waals surface area (Å²) in [6.07, 6.45) is 3.85. The molecular formula is C21H20ClNO2. The molecule has 0 spiro atoms. The zero-order valence-corrected chi connectivity index (χ0v) is 14.5. The molecule has 0 amide bonds. The van der Waals surface area contributed by atoms with Crippen molar-refractivity contribution in [2.45, 2.75) is 31.2 Å². The molecule has 3 nitrogen and oxygen atoms in total. The van der Waals surface area contributed by atoms with Crippen LogP contribution >= 0.6 is 11.6 Å². The predicted molar refractivity (Wildman–Crippen MR) is 98.3 cm³/mol. The minimum absolute atomic E-state index is 0.158. The van der Waals surface area contributed by atoms with Gasteiger partial charge in [0.15, 0.2) is 0 Å². The van der Waals surface area contributed by atoms with Crippen LogP contribution in [0.2, 0.25) is 5.02 Å². The summed E-state index contributed by atoms with van der Waals surface area (Å²) in [4.78, 5) is 11.8. The zero-order chi connectivity index (χ0) is 17.1. The molecule has 0 radical (unpaired) electrons. The number of anilines is 1. The summed E-state index contributed by atoms with van der Waals surface area (Å²) >= 11 is 6.07. The Labute approximate surface area is 152 Å². The van der Waals surface area contributed by atoms with Crippen molar-refractivity contribution < 1.29 is 9.90 Å². The molecule has 25 heavy (non-hydrogen) atoms. The van der Waals surface area contributed by atoms with Crippen molar-refractivity contribution in [1.82, 2.24) is 0 Å². The number of halogens is 1. The van der Waals surface area contributed by atoms with Crippen molar-refractivity contribution in [3.8, 4) is 0 Å². The number of benzene rings is 2. The quantitative estimate of drug-likeness (QED) is 0.766. The number of para-hydroxylation sites is 1. The first-order valence-electron chi connectivity index (χ1n) is 9.01. The third kappa shape index (κ3) is 2.22. The summed E-state index contributed by atoms with van der Waals surface area (Å²) in [5.74, 6) is 1.56. The molecule has 128 valence electrons. The zero-order valence-electron chi connectivity index (χ0n) is 13.8. The summed E-state index contributed by atoms with van der Waals surface area (Å²) < 4.78 is 0. The first-order valence-corrected chi connectivity index (χ1v) is 9.39. The fraction of sp³-hybridized carbons (Fsp3) is 0.381. The second-order valence-electron chi connectivity index (χ2n) is 7.68.